The zero-order valence-corrected chi connectivity index (χ0v) is 13.5. The zero-order chi connectivity index (χ0) is 15.1. The Bertz CT molecular complexity index is 399. The quantitative estimate of drug-likeness (QED) is 0.810. The summed E-state index contributed by atoms with van der Waals surface area (Å²) in [5.74, 6) is 0. The van der Waals surface area contributed by atoms with Crippen molar-refractivity contribution in [2.45, 2.75) is 51.2 Å². The van der Waals surface area contributed by atoms with E-state index < -0.39 is 5.60 Å². The molecule has 21 heavy (non-hydrogen) atoms. The van der Waals surface area contributed by atoms with Gasteiger partial charge in [-0.15, -0.1) is 0 Å². The highest BCUT2D eigenvalue weighted by Gasteiger charge is 2.27. The van der Waals surface area contributed by atoms with Gasteiger partial charge in [0.2, 0.25) is 0 Å². The number of nitrogens with zero attached hydrogens (tertiary/aromatic N) is 1. The summed E-state index contributed by atoms with van der Waals surface area (Å²) in [6, 6.07) is 10.6. The minimum absolute atomic E-state index is 0.580. The minimum atomic E-state index is -0.787. The van der Waals surface area contributed by atoms with E-state index in [2.05, 4.69) is 17.1 Å². The van der Waals surface area contributed by atoms with E-state index in [1.165, 1.54) is 19.3 Å². The Morgan fingerprint density at radius 1 is 1.29 bits per heavy atom. The lowest BCUT2D eigenvalue weighted by Crippen LogP contribution is -2.47. The number of hydrogen-bond donors (Lipinski definition) is 2. The molecule has 1 aliphatic heterocycles. The smallest absolute Gasteiger partial charge is 0.0994 e. The third-order valence-corrected chi connectivity index (χ3v) is 4.36. The second kappa shape index (κ2) is 7.92. The standard InChI is InChI=1S/C18H30N2O/c1-3-13-20(14-17-11-7-8-12-19-17)15-18(2,21)16-9-5-4-6-10-16/h4-6,9-10,17,19,21H,3,7-8,11-15H2,1-2H3. The number of aliphatic hydroxyl groups is 1. The van der Waals surface area contributed by atoms with E-state index in [4.69, 9.17) is 0 Å². The molecule has 1 aromatic carbocycles. The average molecular weight is 290 g/mol. The first kappa shape index (κ1) is 16.5. The second-order valence-electron chi connectivity index (χ2n) is 6.52. The topological polar surface area (TPSA) is 35.5 Å². The highest BCUT2D eigenvalue weighted by atomic mass is 16.3. The summed E-state index contributed by atoms with van der Waals surface area (Å²) < 4.78 is 0. The van der Waals surface area contributed by atoms with Gasteiger partial charge in [-0.25, -0.2) is 0 Å². The van der Waals surface area contributed by atoms with Gasteiger partial charge in [0.15, 0.2) is 0 Å². The molecule has 1 heterocycles. The monoisotopic (exact) mass is 290 g/mol. The van der Waals surface area contributed by atoms with E-state index in [0.29, 0.717) is 12.6 Å². The number of rotatable bonds is 7. The lowest BCUT2D eigenvalue weighted by atomic mass is 9.94. The van der Waals surface area contributed by atoms with Gasteiger partial charge < -0.3 is 10.4 Å². The number of benzene rings is 1. The average Bonchev–Trinajstić information content (AvgIpc) is 2.49. The Kier molecular flexibility index (Phi) is 6.22. The van der Waals surface area contributed by atoms with Crippen LogP contribution in [0, 0.1) is 0 Å². The third-order valence-electron chi connectivity index (χ3n) is 4.36. The lowest BCUT2D eigenvalue weighted by molar-refractivity contribution is 0.0123. The van der Waals surface area contributed by atoms with Gasteiger partial charge in [0.25, 0.3) is 0 Å². The lowest BCUT2D eigenvalue weighted by Gasteiger charge is -2.35. The van der Waals surface area contributed by atoms with Gasteiger partial charge in [0.1, 0.15) is 0 Å². The van der Waals surface area contributed by atoms with E-state index in [-0.39, 0.29) is 0 Å². The Labute approximate surface area is 129 Å². The number of piperidine rings is 1. The molecule has 2 rings (SSSR count). The summed E-state index contributed by atoms with van der Waals surface area (Å²) in [5, 5.41) is 14.5. The van der Waals surface area contributed by atoms with Crippen molar-refractivity contribution in [3.63, 3.8) is 0 Å². The van der Waals surface area contributed by atoms with Gasteiger partial charge in [0, 0.05) is 19.1 Å². The summed E-state index contributed by atoms with van der Waals surface area (Å²) in [4.78, 5) is 2.41. The van der Waals surface area contributed by atoms with Crippen molar-refractivity contribution in [3.8, 4) is 0 Å². The molecule has 1 fully saturated rings. The van der Waals surface area contributed by atoms with E-state index in [1.807, 2.05) is 37.3 Å². The Hall–Kier alpha value is -0.900. The van der Waals surface area contributed by atoms with Gasteiger partial charge in [-0.05, 0) is 44.8 Å². The highest BCUT2D eigenvalue weighted by Crippen LogP contribution is 2.22. The highest BCUT2D eigenvalue weighted by molar-refractivity contribution is 5.21. The third kappa shape index (κ3) is 5.10. The van der Waals surface area contributed by atoms with Crippen molar-refractivity contribution < 1.29 is 5.11 Å². The first-order valence-electron chi connectivity index (χ1n) is 8.35. The maximum atomic E-state index is 10.9. The summed E-state index contributed by atoms with van der Waals surface area (Å²) in [6.07, 6.45) is 5.00. The maximum Gasteiger partial charge on any atom is 0.0994 e. The van der Waals surface area contributed by atoms with Crippen LogP contribution in [0.2, 0.25) is 0 Å². The van der Waals surface area contributed by atoms with E-state index in [1.54, 1.807) is 0 Å². The van der Waals surface area contributed by atoms with Crippen LogP contribution in [0.3, 0.4) is 0 Å². The molecule has 0 bridgehead atoms. The molecule has 2 N–H and O–H groups in total. The molecule has 0 amide bonds. The summed E-state index contributed by atoms with van der Waals surface area (Å²) >= 11 is 0. The van der Waals surface area contributed by atoms with Crippen molar-refractivity contribution in [2.75, 3.05) is 26.2 Å². The fourth-order valence-corrected chi connectivity index (χ4v) is 3.27. The predicted octanol–water partition coefficient (Wildman–Crippen LogP) is 2.75. The normalized spacial score (nSPS) is 22.2. The molecule has 0 radical (unpaired) electrons. The number of nitrogens with one attached hydrogen (secondary N) is 1. The summed E-state index contributed by atoms with van der Waals surface area (Å²) in [6.45, 7) is 8.05. The fraction of sp³-hybridized carbons (Fsp3) is 0.667. The van der Waals surface area contributed by atoms with E-state index in [9.17, 15) is 5.11 Å². The van der Waals surface area contributed by atoms with Crippen molar-refractivity contribution in [1.29, 1.82) is 0 Å². The molecule has 1 aromatic rings. The molecule has 1 saturated heterocycles. The van der Waals surface area contributed by atoms with Crippen molar-refractivity contribution in [1.82, 2.24) is 10.2 Å². The second-order valence-corrected chi connectivity index (χ2v) is 6.52. The molecular weight excluding hydrogens is 260 g/mol. The van der Waals surface area contributed by atoms with Crippen LogP contribution in [0.5, 0.6) is 0 Å². The van der Waals surface area contributed by atoms with Crippen LogP contribution in [0.4, 0.5) is 0 Å². The molecule has 1 aliphatic rings. The Morgan fingerprint density at radius 3 is 2.67 bits per heavy atom. The molecular formula is C18H30N2O. The molecule has 3 heteroatoms. The molecule has 0 saturated carbocycles. The van der Waals surface area contributed by atoms with Crippen LogP contribution in [0.1, 0.15) is 45.1 Å². The Morgan fingerprint density at radius 2 is 2.05 bits per heavy atom. The van der Waals surface area contributed by atoms with E-state index >= 15 is 0 Å². The largest absolute Gasteiger partial charge is 0.384 e. The zero-order valence-electron chi connectivity index (χ0n) is 13.5. The molecule has 118 valence electrons. The predicted molar refractivity (Wildman–Crippen MR) is 88.4 cm³/mol. The molecule has 2 atom stereocenters. The summed E-state index contributed by atoms with van der Waals surface area (Å²) in [5.41, 5.74) is 0.216. The van der Waals surface area contributed by atoms with Crippen LogP contribution >= 0.6 is 0 Å². The van der Waals surface area contributed by atoms with Gasteiger partial charge >= 0.3 is 0 Å². The van der Waals surface area contributed by atoms with Crippen LogP contribution < -0.4 is 5.32 Å². The molecule has 3 nitrogen and oxygen atoms in total. The summed E-state index contributed by atoms with van der Waals surface area (Å²) in [7, 11) is 0. The maximum absolute atomic E-state index is 10.9. The van der Waals surface area contributed by atoms with Crippen LogP contribution in [-0.2, 0) is 5.60 Å². The Balaban J connectivity index is 1.97. The fourth-order valence-electron chi connectivity index (χ4n) is 3.27. The molecule has 0 aliphatic carbocycles. The minimum Gasteiger partial charge on any atom is -0.384 e. The first-order valence-corrected chi connectivity index (χ1v) is 8.35. The van der Waals surface area contributed by atoms with Gasteiger partial charge in [0.05, 0.1) is 5.60 Å². The SMILES string of the molecule is CCCN(CC1CCCCN1)CC(C)(O)c1ccccc1. The molecule has 0 aromatic heterocycles. The van der Waals surface area contributed by atoms with Crippen molar-refractivity contribution in [2.24, 2.45) is 0 Å². The van der Waals surface area contributed by atoms with Crippen LogP contribution in [0.25, 0.3) is 0 Å². The molecule has 0 spiro atoms. The van der Waals surface area contributed by atoms with Crippen molar-refractivity contribution in [3.05, 3.63) is 35.9 Å². The van der Waals surface area contributed by atoms with Crippen LogP contribution in [0.15, 0.2) is 30.3 Å². The van der Waals surface area contributed by atoms with Gasteiger partial charge in [-0.2, -0.15) is 0 Å². The van der Waals surface area contributed by atoms with Crippen LogP contribution in [-0.4, -0.2) is 42.2 Å². The molecule has 2 unspecified atom stereocenters. The van der Waals surface area contributed by atoms with E-state index in [0.717, 1.165) is 31.6 Å². The number of hydrogen-bond acceptors (Lipinski definition) is 3. The first-order chi connectivity index (χ1) is 10.1. The van der Waals surface area contributed by atoms with Crippen molar-refractivity contribution >= 4 is 0 Å². The van der Waals surface area contributed by atoms with Gasteiger partial charge in [-0.1, -0.05) is 43.7 Å². The van der Waals surface area contributed by atoms with Gasteiger partial charge in [-0.3, -0.25) is 4.90 Å².